The number of ether oxygens (including phenoxy) is 3. The van der Waals surface area contributed by atoms with Crippen LogP contribution in [0.4, 0.5) is 0 Å². The van der Waals surface area contributed by atoms with Gasteiger partial charge in [0.05, 0.1) is 18.2 Å². The standard InChI is InChI=1S/C24H21ClN2O5/c25-19-13-17(14-21-23(19)31-12-6-11-30-21)24(29)27-26-22(28)15-32-20-10-5-4-9-18(20)16-7-2-1-3-8-16/h1-5,7-10,13-14H,6,11-12,15H2,(H,26,28)(H,27,29). The topological polar surface area (TPSA) is 85.9 Å². The van der Waals surface area contributed by atoms with E-state index in [1.807, 2.05) is 48.5 Å². The van der Waals surface area contributed by atoms with Gasteiger partial charge < -0.3 is 14.2 Å². The minimum Gasteiger partial charge on any atom is -0.489 e. The fourth-order valence-corrected chi connectivity index (χ4v) is 3.45. The summed E-state index contributed by atoms with van der Waals surface area (Å²) in [6.07, 6.45) is 0.718. The van der Waals surface area contributed by atoms with Crippen LogP contribution in [0, 0.1) is 0 Å². The van der Waals surface area contributed by atoms with Gasteiger partial charge in [-0.15, -0.1) is 0 Å². The molecule has 0 aliphatic carbocycles. The number of carbonyl (C=O) groups excluding carboxylic acids is 2. The number of hydrogen-bond donors (Lipinski definition) is 2. The van der Waals surface area contributed by atoms with E-state index in [9.17, 15) is 9.59 Å². The molecule has 7 nitrogen and oxygen atoms in total. The molecule has 3 aromatic rings. The van der Waals surface area contributed by atoms with Crippen molar-refractivity contribution >= 4 is 23.4 Å². The van der Waals surface area contributed by atoms with Gasteiger partial charge in [-0.3, -0.25) is 20.4 Å². The largest absolute Gasteiger partial charge is 0.489 e. The third-order valence-corrected chi connectivity index (χ3v) is 4.99. The van der Waals surface area contributed by atoms with Gasteiger partial charge >= 0.3 is 0 Å². The van der Waals surface area contributed by atoms with Gasteiger partial charge in [0.25, 0.3) is 11.8 Å². The lowest BCUT2D eigenvalue weighted by Gasteiger charge is -2.13. The van der Waals surface area contributed by atoms with Crippen molar-refractivity contribution in [3.63, 3.8) is 0 Å². The molecule has 0 fully saturated rings. The highest BCUT2D eigenvalue weighted by Gasteiger charge is 2.19. The highest BCUT2D eigenvalue weighted by molar-refractivity contribution is 6.32. The molecule has 0 bridgehead atoms. The molecule has 1 heterocycles. The van der Waals surface area contributed by atoms with Gasteiger partial charge in [-0.2, -0.15) is 0 Å². The predicted molar refractivity (Wildman–Crippen MR) is 120 cm³/mol. The third-order valence-electron chi connectivity index (χ3n) is 4.71. The first-order chi connectivity index (χ1) is 15.6. The Balaban J connectivity index is 1.35. The van der Waals surface area contributed by atoms with Gasteiger partial charge in [-0.05, 0) is 23.8 Å². The first-order valence-electron chi connectivity index (χ1n) is 10.1. The van der Waals surface area contributed by atoms with E-state index in [0.717, 1.165) is 17.5 Å². The summed E-state index contributed by atoms with van der Waals surface area (Å²) in [5.41, 5.74) is 6.77. The fraction of sp³-hybridized carbons (Fsp3) is 0.167. The summed E-state index contributed by atoms with van der Waals surface area (Å²) in [6, 6.07) is 20.1. The number of amides is 2. The first-order valence-corrected chi connectivity index (χ1v) is 10.4. The van der Waals surface area contributed by atoms with Gasteiger partial charge in [0, 0.05) is 17.5 Å². The van der Waals surface area contributed by atoms with Crippen LogP contribution >= 0.6 is 11.6 Å². The summed E-state index contributed by atoms with van der Waals surface area (Å²) in [5, 5.41) is 0.265. The Kier molecular flexibility index (Phi) is 6.77. The average molecular weight is 453 g/mol. The van der Waals surface area contributed by atoms with Gasteiger partial charge in [-0.25, -0.2) is 0 Å². The molecule has 0 radical (unpaired) electrons. The van der Waals surface area contributed by atoms with Crippen molar-refractivity contribution in [2.45, 2.75) is 6.42 Å². The Morgan fingerprint density at radius 3 is 2.53 bits per heavy atom. The Bertz CT molecular complexity index is 1120. The summed E-state index contributed by atoms with van der Waals surface area (Å²) in [6.45, 7) is 0.681. The highest BCUT2D eigenvalue weighted by atomic mass is 35.5. The normalized spacial score (nSPS) is 12.4. The molecule has 2 N–H and O–H groups in total. The Morgan fingerprint density at radius 2 is 1.69 bits per heavy atom. The van der Waals surface area contributed by atoms with Gasteiger partial charge in [0.1, 0.15) is 5.75 Å². The zero-order valence-electron chi connectivity index (χ0n) is 17.1. The van der Waals surface area contributed by atoms with Crippen molar-refractivity contribution in [3.05, 3.63) is 77.3 Å². The Morgan fingerprint density at radius 1 is 0.938 bits per heavy atom. The monoisotopic (exact) mass is 452 g/mol. The molecule has 164 valence electrons. The number of fused-ring (bicyclic) bond motifs is 1. The van der Waals surface area contributed by atoms with E-state index in [-0.39, 0.29) is 17.2 Å². The SMILES string of the molecule is O=C(COc1ccccc1-c1ccccc1)NNC(=O)c1cc(Cl)c2c(c1)OCCCO2. The first kappa shape index (κ1) is 21.5. The van der Waals surface area contributed by atoms with Crippen molar-refractivity contribution < 1.29 is 23.8 Å². The number of para-hydroxylation sites is 1. The second kappa shape index (κ2) is 10.1. The van der Waals surface area contributed by atoms with Crippen LogP contribution < -0.4 is 25.1 Å². The zero-order valence-corrected chi connectivity index (χ0v) is 17.9. The molecule has 3 aromatic carbocycles. The lowest BCUT2D eigenvalue weighted by atomic mass is 10.1. The molecule has 1 aliphatic rings. The van der Waals surface area contributed by atoms with Crippen molar-refractivity contribution in [2.75, 3.05) is 19.8 Å². The average Bonchev–Trinajstić information content (AvgIpc) is 3.08. The maximum absolute atomic E-state index is 12.5. The van der Waals surface area contributed by atoms with Crippen LogP contribution in [0.5, 0.6) is 17.2 Å². The molecule has 2 amide bonds. The summed E-state index contributed by atoms with van der Waals surface area (Å²) >= 11 is 6.22. The molecule has 8 heteroatoms. The van der Waals surface area contributed by atoms with E-state index in [0.29, 0.717) is 30.5 Å². The van der Waals surface area contributed by atoms with E-state index >= 15 is 0 Å². The number of hydrazine groups is 1. The van der Waals surface area contributed by atoms with E-state index in [1.165, 1.54) is 12.1 Å². The van der Waals surface area contributed by atoms with Crippen molar-refractivity contribution in [1.29, 1.82) is 0 Å². The van der Waals surface area contributed by atoms with E-state index in [2.05, 4.69) is 10.9 Å². The number of benzene rings is 3. The van der Waals surface area contributed by atoms with Crippen LogP contribution in [0.15, 0.2) is 66.7 Å². The third kappa shape index (κ3) is 5.12. The number of hydrogen-bond acceptors (Lipinski definition) is 5. The molecule has 0 unspecified atom stereocenters. The van der Waals surface area contributed by atoms with Crippen molar-refractivity contribution in [2.24, 2.45) is 0 Å². The van der Waals surface area contributed by atoms with Gasteiger partial charge in [0.15, 0.2) is 18.1 Å². The summed E-state index contributed by atoms with van der Waals surface area (Å²) in [5.74, 6) is 0.319. The molecule has 0 saturated carbocycles. The van der Waals surface area contributed by atoms with E-state index in [4.69, 9.17) is 25.8 Å². The van der Waals surface area contributed by atoms with Crippen LogP contribution in [-0.4, -0.2) is 31.6 Å². The minimum absolute atomic E-state index is 0.231. The quantitative estimate of drug-likeness (QED) is 0.571. The molecule has 4 rings (SSSR count). The molecule has 32 heavy (non-hydrogen) atoms. The van der Waals surface area contributed by atoms with Crippen LogP contribution in [0.25, 0.3) is 11.1 Å². The second-order valence-corrected chi connectivity index (χ2v) is 7.40. The lowest BCUT2D eigenvalue weighted by molar-refractivity contribution is -0.123. The summed E-state index contributed by atoms with van der Waals surface area (Å²) in [7, 11) is 0. The Labute approximate surface area is 190 Å². The number of halogens is 1. The van der Waals surface area contributed by atoms with Gasteiger partial charge in [-0.1, -0.05) is 60.1 Å². The van der Waals surface area contributed by atoms with Gasteiger partial charge in [0.2, 0.25) is 0 Å². The molecular formula is C24H21ClN2O5. The van der Waals surface area contributed by atoms with Crippen LogP contribution in [-0.2, 0) is 4.79 Å². The smallest absolute Gasteiger partial charge is 0.276 e. The fourth-order valence-electron chi connectivity index (χ4n) is 3.19. The minimum atomic E-state index is -0.541. The number of carbonyl (C=O) groups is 2. The molecule has 0 aromatic heterocycles. The Hall–Kier alpha value is -3.71. The number of nitrogens with one attached hydrogen (secondary N) is 2. The van der Waals surface area contributed by atoms with Crippen molar-refractivity contribution in [3.8, 4) is 28.4 Å². The zero-order chi connectivity index (χ0) is 22.3. The van der Waals surface area contributed by atoms with Crippen LogP contribution in [0.1, 0.15) is 16.8 Å². The molecular weight excluding hydrogens is 432 g/mol. The highest BCUT2D eigenvalue weighted by Crippen LogP contribution is 2.38. The predicted octanol–water partition coefficient (Wildman–Crippen LogP) is 4.01. The maximum atomic E-state index is 12.5. The molecule has 0 atom stereocenters. The summed E-state index contributed by atoms with van der Waals surface area (Å²) < 4.78 is 16.8. The molecule has 0 saturated heterocycles. The lowest BCUT2D eigenvalue weighted by Crippen LogP contribution is -2.43. The van der Waals surface area contributed by atoms with E-state index < -0.39 is 11.8 Å². The molecule has 1 aliphatic heterocycles. The molecule has 0 spiro atoms. The summed E-state index contributed by atoms with van der Waals surface area (Å²) in [4.78, 5) is 24.7. The van der Waals surface area contributed by atoms with Crippen LogP contribution in [0.2, 0.25) is 5.02 Å². The van der Waals surface area contributed by atoms with Crippen molar-refractivity contribution in [1.82, 2.24) is 10.9 Å². The van der Waals surface area contributed by atoms with E-state index in [1.54, 1.807) is 6.07 Å². The van der Waals surface area contributed by atoms with Crippen LogP contribution in [0.3, 0.4) is 0 Å². The number of rotatable bonds is 5. The second-order valence-electron chi connectivity index (χ2n) is 6.99. The maximum Gasteiger partial charge on any atom is 0.276 e.